The van der Waals surface area contributed by atoms with Gasteiger partial charge < -0.3 is 11.1 Å². The fourth-order valence-electron chi connectivity index (χ4n) is 1.15. The smallest absolute Gasteiger partial charge is 0.188 e. The Balaban J connectivity index is 2.65. The first-order chi connectivity index (χ1) is 7.26. The van der Waals surface area contributed by atoms with E-state index in [2.05, 4.69) is 16.4 Å². The lowest BCUT2D eigenvalue weighted by Gasteiger charge is -2.01. The number of nitrogens with zero attached hydrogens (tertiary/aromatic N) is 2. The van der Waals surface area contributed by atoms with Crippen molar-refractivity contribution < 1.29 is 0 Å². The molecule has 0 unspecified atom stereocenters. The van der Waals surface area contributed by atoms with Crippen LogP contribution in [0.25, 0.3) is 0 Å². The Hall–Kier alpha value is -2.02. The molecular weight excluding hydrogens is 188 g/mol. The number of hydrogen-bond donors (Lipinski definition) is 2. The van der Waals surface area contributed by atoms with Crippen LogP contribution in [0.2, 0.25) is 0 Å². The third-order valence-electron chi connectivity index (χ3n) is 1.85. The lowest BCUT2D eigenvalue weighted by Crippen LogP contribution is -2.31. The molecule has 0 aliphatic heterocycles. The van der Waals surface area contributed by atoms with Crippen molar-refractivity contribution >= 4 is 5.96 Å². The van der Waals surface area contributed by atoms with Gasteiger partial charge in [-0.05, 0) is 24.6 Å². The molecule has 0 saturated carbocycles. The Kier molecular flexibility index (Phi) is 4.17. The third kappa shape index (κ3) is 3.69. The number of nitrogens with two attached hydrogens (primary N) is 1. The van der Waals surface area contributed by atoms with E-state index in [-0.39, 0.29) is 0 Å². The van der Waals surface area contributed by atoms with E-state index >= 15 is 0 Å². The highest BCUT2D eigenvalue weighted by molar-refractivity contribution is 5.77. The van der Waals surface area contributed by atoms with Gasteiger partial charge in [0.25, 0.3) is 0 Å². The van der Waals surface area contributed by atoms with E-state index in [1.54, 1.807) is 6.07 Å². The van der Waals surface area contributed by atoms with E-state index in [0.29, 0.717) is 18.1 Å². The minimum atomic E-state index is 0.430. The molecule has 0 amide bonds. The lowest BCUT2D eigenvalue weighted by molar-refractivity contribution is 0.925. The van der Waals surface area contributed by atoms with Crippen LogP contribution in [0.15, 0.2) is 29.3 Å². The molecule has 3 N–H and O–H groups in total. The third-order valence-corrected chi connectivity index (χ3v) is 1.85. The van der Waals surface area contributed by atoms with E-state index < -0.39 is 0 Å². The van der Waals surface area contributed by atoms with Crippen LogP contribution in [0.3, 0.4) is 0 Å². The van der Waals surface area contributed by atoms with Crippen LogP contribution in [0, 0.1) is 11.3 Å². The molecule has 78 valence electrons. The summed E-state index contributed by atoms with van der Waals surface area (Å²) in [5.41, 5.74) is 7.20. The van der Waals surface area contributed by atoms with Gasteiger partial charge in [-0.2, -0.15) is 5.26 Å². The molecule has 0 spiro atoms. The van der Waals surface area contributed by atoms with Crippen LogP contribution in [0.4, 0.5) is 0 Å². The zero-order valence-corrected chi connectivity index (χ0v) is 8.70. The van der Waals surface area contributed by atoms with Crippen molar-refractivity contribution in [2.45, 2.75) is 13.5 Å². The Morgan fingerprint density at radius 1 is 1.60 bits per heavy atom. The van der Waals surface area contributed by atoms with Crippen LogP contribution >= 0.6 is 0 Å². The summed E-state index contributed by atoms with van der Waals surface area (Å²) in [6, 6.07) is 9.42. The molecule has 0 bridgehead atoms. The van der Waals surface area contributed by atoms with Gasteiger partial charge in [0, 0.05) is 6.54 Å². The minimum Gasteiger partial charge on any atom is -0.370 e. The molecule has 4 heteroatoms. The number of benzene rings is 1. The highest BCUT2D eigenvalue weighted by Gasteiger charge is 1.94. The average molecular weight is 202 g/mol. The first kappa shape index (κ1) is 11.1. The Labute approximate surface area is 89.4 Å². The molecule has 0 fully saturated rings. The summed E-state index contributed by atoms with van der Waals surface area (Å²) in [5.74, 6) is 0.430. The largest absolute Gasteiger partial charge is 0.370 e. The van der Waals surface area contributed by atoms with Gasteiger partial charge in [-0.25, -0.2) is 4.99 Å². The standard InChI is InChI=1S/C11H14N4/c1-2-14-11(13)15-8-10-5-3-4-9(6-10)7-12/h3-6H,2,8H2,1H3,(H3,13,14,15). The first-order valence-electron chi connectivity index (χ1n) is 4.79. The Morgan fingerprint density at radius 2 is 2.40 bits per heavy atom. The molecular formula is C11H14N4. The molecule has 0 radical (unpaired) electrons. The van der Waals surface area contributed by atoms with Gasteiger partial charge in [0.15, 0.2) is 5.96 Å². The fraction of sp³-hybridized carbons (Fsp3) is 0.273. The van der Waals surface area contributed by atoms with Gasteiger partial charge in [0.1, 0.15) is 0 Å². The SMILES string of the molecule is CCNC(N)=NCc1cccc(C#N)c1. The molecule has 15 heavy (non-hydrogen) atoms. The normalized spacial score (nSPS) is 10.8. The number of nitrogens with one attached hydrogen (secondary N) is 1. The highest BCUT2D eigenvalue weighted by Crippen LogP contribution is 2.04. The molecule has 1 aromatic rings. The van der Waals surface area contributed by atoms with E-state index in [1.807, 2.05) is 25.1 Å². The monoisotopic (exact) mass is 202 g/mol. The fourth-order valence-corrected chi connectivity index (χ4v) is 1.15. The number of nitriles is 1. The van der Waals surface area contributed by atoms with Crippen molar-refractivity contribution in [3.8, 4) is 6.07 Å². The average Bonchev–Trinajstić information content (AvgIpc) is 2.27. The molecule has 1 aromatic carbocycles. The molecule has 0 aliphatic rings. The van der Waals surface area contributed by atoms with Gasteiger partial charge >= 0.3 is 0 Å². The van der Waals surface area contributed by atoms with Gasteiger partial charge in [-0.1, -0.05) is 12.1 Å². The molecule has 4 nitrogen and oxygen atoms in total. The second kappa shape index (κ2) is 5.66. The van der Waals surface area contributed by atoms with Crippen LogP contribution in [0.1, 0.15) is 18.1 Å². The van der Waals surface area contributed by atoms with E-state index in [1.165, 1.54) is 0 Å². The van der Waals surface area contributed by atoms with Gasteiger partial charge in [0.05, 0.1) is 18.2 Å². The Bertz CT molecular complexity index is 390. The van der Waals surface area contributed by atoms with Crippen LogP contribution in [-0.4, -0.2) is 12.5 Å². The quantitative estimate of drug-likeness (QED) is 0.567. The number of hydrogen-bond acceptors (Lipinski definition) is 2. The number of aliphatic imine (C=N–C) groups is 1. The summed E-state index contributed by atoms with van der Waals surface area (Å²) in [6.07, 6.45) is 0. The predicted octanol–water partition coefficient (Wildman–Crippen LogP) is 0.982. The molecule has 0 atom stereocenters. The maximum atomic E-state index is 8.70. The Morgan fingerprint density at radius 3 is 3.07 bits per heavy atom. The van der Waals surface area contributed by atoms with Gasteiger partial charge in [-0.15, -0.1) is 0 Å². The predicted molar refractivity (Wildman–Crippen MR) is 60.2 cm³/mol. The summed E-state index contributed by atoms with van der Waals surface area (Å²) in [5, 5.41) is 11.6. The van der Waals surface area contributed by atoms with Crippen molar-refractivity contribution in [3.63, 3.8) is 0 Å². The van der Waals surface area contributed by atoms with Crippen molar-refractivity contribution in [3.05, 3.63) is 35.4 Å². The summed E-state index contributed by atoms with van der Waals surface area (Å²) < 4.78 is 0. The van der Waals surface area contributed by atoms with Crippen molar-refractivity contribution in [1.82, 2.24) is 5.32 Å². The number of guanidine groups is 1. The van der Waals surface area contributed by atoms with Crippen molar-refractivity contribution in [2.24, 2.45) is 10.7 Å². The lowest BCUT2D eigenvalue weighted by atomic mass is 10.1. The van der Waals surface area contributed by atoms with Gasteiger partial charge in [0.2, 0.25) is 0 Å². The van der Waals surface area contributed by atoms with E-state index in [4.69, 9.17) is 11.0 Å². The van der Waals surface area contributed by atoms with Gasteiger partial charge in [-0.3, -0.25) is 0 Å². The van der Waals surface area contributed by atoms with Crippen molar-refractivity contribution in [1.29, 1.82) is 5.26 Å². The summed E-state index contributed by atoms with van der Waals surface area (Å²) in [4.78, 5) is 4.13. The van der Waals surface area contributed by atoms with Crippen LogP contribution in [-0.2, 0) is 6.54 Å². The van der Waals surface area contributed by atoms with Crippen LogP contribution in [0.5, 0.6) is 0 Å². The molecule has 0 aliphatic carbocycles. The zero-order chi connectivity index (χ0) is 11.1. The molecule has 0 aromatic heterocycles. The molecule has 0 saturated heterocycles. The zero-order valence-electron chi connectivity index (χ0n) is 8.70. The maximum Gasteiger partial charge on any atom is 0.188 e. The topological polar surface area (TPSA) is 74.2 Å². The number of rotatable bonds is 3. The van der Waals surface area contributed by atoms with Crippen molar-refractivity contribution in [2.75, 3.05) is 6.54 Å². The summed E-state index contributed by atoms with van der Waals surface area (Å²) >= 11 is 0. The maximum absolute atomic E-state index is 8.70. The summed E-state index contributed by atoms with van der Waals surface area (Å²) in [6.45, 7) is 3.21. The second-order valence-corrected chi connectivity index (χ2v) is 3.04. The highest BCUT2D eigenvalue weighted by atomic mass is 15.1. The second-order valence-electron chi connectivity index (χ2n) is 3.04. The minimum absolute atomic E-state index is 0.430. The summed E-state index contributed by atoms with van der Waals surface area (Å²) in [7, 11) is 0. The molecule has 0 heterocycles. The van der Waals surface area contributed by atoms with E-state index in [0.717, 1.165) is 12.1 Å². The van der Waals surface area contributed by atoms with E-state index in [9.17, 15) is 0 Å². The van der Waals surface area contributed by atoms with Crippen LogP contribution < -0.4 is 11.1 Å². The molecule has 1 rings (SSSR count). The first-order valence-corrected chi connectivity index (χ1v) is 4.79.